The monoisotopic (exact) mass is 968 g/mol. The summed E-state index contributed by atoms with van der Waals surface area (Å²) in [5.41, 5.74) is 12.4. The Bertz CT molecular complexity index is 2040. The molecule has 2 aromatic carbocycles. The highest BCUT2D eigenvalue weighted by molar-refractivity contribution is 7.98. The second kappa shape index (κ2) is 28.3. The number of nitro groups is 1. The summed E-state index contributed by atoms with van der Waals surface area (Å²) >= 11 is 1.42. The summed E-state index contributed by atoms with van der Waals surface area (Å²) < 4.78 is 0. The molecule has 2 aromatic rings. The molecule has 374 valence electrons. The Balaban J connectivity index is 1.86. The molecule has 7 amide bonds. The molecule has 22 heteroatoms. The van der Waals surface area contributed by atoms with Crippen molar-refractivity contribution in [2.24, 2.45) is 23.3 Å². The molecule has 1 aliphatic rings. The van der Waals surface area contributed by atoms with Crippen LogP contribution in [0.5, 0.6) is 0 Å². The lowest BCUT2D eigenvalue weighted by Gasteiger charge is -2.29. The number of thioether (sulfide) groups is 1. The van der Waals surface area contributed by atoms with Gasteiger partial charge in [0.05, 0.1) is 17.4 Å². The van der Waals surface area contributed by atoms with Crippen LogP contribution in [0, 0.1) is 22.0 Å². The molecule has 1 heterocycles. The van der Waals surface area contributed by atoms with Gasteiger partial charge in [-0.1, -0.05) is 58.0 Å². The van der Waals surface area contributed by atoms with Gasteiger partial charge in [0.1, 0.15) is 36.3 Å². The van der Waals surface area contributed by atoms with Crippen LogP contribution in [0.15, 0.2) is 54.6 Å². The van der Waals surface area contributed by atoms with Gasteiger partial charge in [0.25, 0.3) is 5.69 Å². The predicted octanol–water partition coefficient (Wildman–Crippen LogP) is 1.58. The molecule has 0 spiro atoms. The van der Waals surface area contributed by atoms with E-state index in [1.807, 2.05) is 20.1 Å². The molecule has 0 saturated carbocycles. The summed E-state index contributed by atoms with van der Waals surface area (Å²) in [7, 11) is 0. The molecule has 0 aromatic heterocycles. The van der Waals surface area contributed by atoms with Gasteiger partial charge in [-0.3, -0.25) is 48.5 Å². The van der Waals surface area contributed by atoms with Crippen molar-refractivity contribution in [3.8, 4) is 0 Å². The number of carbonyl (C=O) groups excluding carboxylic acids is 7. The molecular weight excluding hydrogens is 901 g/mol. The minimum Gasteiger partial charge on any atom is -0.481 e. The summed E-state index contributed by atoms with van der Waals surface area (Å²) in [4.78, 5) is 120. The van der Waals surface area contributed by atoms with E-state index in [-0.39, 0.29) is 55.9 Å². The molecule has 11 N–H and O–H groups in total. The topological polar surface area (TPSA) is 327 Å². The number of amides is 7. The van der Waals surface area contributed by atoms with E-state index in [4.69, 9.17) is 16.6 Å². The maximum absolute atomic E-state index is 14.4. The smallest absolute Gasteiger partial charge is 0.305 e. The zero-order valence-electron chi connectivity index (χ0n) is 39.4. The average Bonchev–Trinajstić information content (AvgIpc) is 3.78. The fourth-order valence-electron chi connectivity index (χ4n) is 7.58. The number of hydrogen-bond acceptors (Lipinski definition) is 13. The SMILES string of the molecule is CSCC[C@H](NC(=O)[C@@H]1CCCN1C(=O)[C@@H](N)CC(=O)O)C(=O)N[C@@H](Cc1ccccc1)C(=O)N[C@@H](CCCCN)C(=O)N[C@@H](CC(C)C)C(=O)N[C@H](C(=O)Nc1ccc([N+](=O)[O-])cc1)C(C)C. The number of nitro benzene ring substituents is 1. The van der Waals surface area contributed by atoms with Crippen molar-refractivity contribution in [3.63, 3.8) is 0 Å². The van der Waals surface area contributed by atoms with Crippen molar-refractivity contribution in [3.05, 3.63) is 70.3 Å². The number of nitrogens with zero attached hydrogens (tertiary/aromatic N) is 2. The third-order valence-corrected chi connectivity index (χ3v) is 11.9. The van der Waals surface area contributed by atoms with Crippen molar-refractivity contribution >= 4 is 70.5 Å². The number of benzene rings is 2. The molecule has 21 nitrogen and oxygen atoms in total. The third-order valence-electron chi connectivity index (χ3n) is 11.2. The third kappa shape index (κ3) is 18.2. The van der Waals surface area contributed by atoms with Crippen LogP contribution in [-0.2, 0) is 44.8 Å². The number of unbranched alkanes of at least 4 members (excludes halogenated alkanes) is 1. The van der Waals surface area contributed by atoms with Crippen molar-refractivity contribution < 1.29 is 48.4 Å². The van der Waals surface area contributed by atoms with Crippen LogP contribution in [0.4, 0.5) is 11.4 Å². The molecule has 0 aliphatic carbocycles. The number of nitrogens with one attached hydrogen (secondary N) is 6. The Hall–Kier alpha value is -6.13. The summed E-state index contributed by atoms with van der Waals surface area (Å²) in [6.45, 7) is 7.62. The summed E-state index contributed by atoms with van der Waals surface area (Å²) in [5, 5.41) is 36.8. The van der Waals surface area contributed by atoms with Crippen LogP contribution in [0.3, 0.4) is 0 Å². The molecule has 68 heavy (non-hydrogen) atoms. The molecular formula is C46H68N10O11S. The Morgan fingerprint density at radius 3 is 1.96 bits per heavy atom. The molecule has 1 aliphatic heterocycles. The standard InChI is InChI=1S/C46H68N10O11S/c1-27(2)24-35(43(62)54-39(28(3)4)45(64)49-30-16-18-31(19-17-30)56(66)67)52-40(59)33(14-9-10-21-47)50-42(61)36(25-29-12-7-6-8-13-29)53-41(60)34(20-23-68-5)51-44(63)37-15-11-22-55(37)46(65)32(48)26-38(57)58/h6-8,12-13,16-19,27-28,32-37,39H,9-11,14-15,20-26,47-48H2,1-5H3,(H,49,64)(H,50,61)(H,51,63)(H,52,59)(H,53,60)(H,54,62)(H,57,58)/t32-,33-,34-,35-,36-,37-,39-/m0/s1. The van der Waals surface area contributed by atoms with Crippen LogP contribution in [0.1, 0.15) is 84.6 Å². The van der Waals surface area contributed by atoms with Crippen molar-refractivity contribution in [1.82, 2.24) is 31.5 Å². The number of aliphatic carboxylic acids is 1. The number of nitrogens with two attached hydrogens (primary N) is 2. The van der Waals surface area contributed by atoms with Gasteiger partial charge in [-0.25, -0.2) is 0 Å². The van der Waals surface area contributed by atoms with Gasteiger partial charge in [-0.05, 0) is 93.0 Å². The van der Waals surface area contributed by atoms with Crippen LogP contribution in [-0.4, -0.2) is 130 Å². The van der Waals surface area contributed by atoms with Gasteiger partial charge in [-0.2, -0.15) is 11.8 Å². The lowest BCUT2D eigenvalue weighted by Crippen LogP contribution is -2.60. The van der Waals surface area contributed by atoms with E-state index in [1.54, 1.807) is 44.2 Å². The first-order valence-electron chi connectivity index (χ1n) is 22.8. The number of carboxylic acids is 1. The highest BCUT2D eigenvalue weighted by atomic mass is 32.2. The van der Waals surface area contributed by atoms with Gasteiger partial charge in [-0.15, -0.1) is 0 Å². The summed E-state index contributed by atoms with van der Waals surface area (Å²) in [5.74, 6) is -6.05. The molecule has 1 fully saturated rings. The fourth-order valence-corrected chi connectivity index (χ4v) is 8.05. The molecule has 1 saturated heterocycles. The maximum Gasteiger partial charge on any atom is 0.305 e. The average molecular weight is 969 g/mol. The summed E-state index contributed by atoms with van der Waals surface area (Å²) in [6.07, 6.45) is 3.24. The predicted molar refractivity (Wildman–Crippen MR) is 257 cm³/mol. The number of carbonyl (C=O) groups is 8. The Kier molecular flexibility index (Phi) is 23.4. The fraction of sp³-hybridized carbons (Fsp3) is 0.565. The van der Waals surface area contributed by atoms with Crippen molar-refractivity contribution in [2.75, 3.05) is 30.4 Å². The van der Waals surface area contributed by atoms with E-state index < -0.39 is 107 Å². The first-order chi connectivity index (χ1) is 32.2. The van der Waals surface area contributed by atoms with Gasteiger partial charge in [0, 0.05) is 30.8 Å². The Labute approximate surface area is 400 Å². The first-order valence-corrected chi connectivity index (χ1v) is 24.2. The van der Waals surface area contributed by atoms with E-state index in [9.17, 15) is 48.5 Å². The second-order valence-corrected chi connectivity index (χ2v) is 18.5. The number of hydrogen-bond donors (Lipinski definition) is 9. The molecule has 0 bridgehead atoms. The Morgan fingerprint density at radius 1 is 0.794 bits per heavy atom. The van der Waals surface area contributed by atoms with Gasteiger partial charge in [0.15, 0.2) is 0 Å². The minimum absolute atomic E-state index is 0.0119. The molecule has 0 radical (unpaired) electrons. The number of likely N-dealkylation sites (tertiary alicyclic amines) is 1. The lowest BCUT2D eigenvalue weighted by molar-refractivity contribution is -0.384. The van der Waals surface area contributed by atoms with E-state index in [0.717, 1.165) is 0 Å². The van der Waals surface area contributed by atoms with E-state index in [0.29, 0.717) is 37.1 Å². The van der Waals surface area contributed by atoms with E-state index in [2.05, 4.69) is 31.9 Å². The number of anilines is 1. The number of non-ortho nitro benzene ring substituents is 1. The summed E-state index contributed by atoms with van der Waals surface area (Å²) in [6, 6.07) is 5.83. The van der Waals surface area contributed by atoms with Crippen molar-refractivity contribution in [2.45, 2.75) is 128 Å². The Morgan fingerprint density at radius 2 is 1.38 bits per heavy atom. The van der Waals surface area contributed by atoms with E-state index >= 15 is 0 Å². The van der Waals surface area contributed by atoms with Crippen LogP contribution in [0.2, 0.25) is 0 Å². The van der Waals surface area contributed by atoms with Gasteiger partial charge >= 0.3 is 5.97 Å². The van der Waals surface area contributed by atoms with Gasteiger partial charge in [0.2, 0.25) is 41.4 Å². The quantitative estimate of drug-likeness (QED) is 0.0332. The number of carboxylic acid groups (broad SMARTS) is 1. The largest absolute Gasteiger partial charge is 0.481 e. The molecule has 7 atom stereocenters. The van der Waals surface area contributed by atoms with Crippen LogP contribution in [0.25, 0.3) is 0 Å². The maximum atomic E-state index is 14.4. The molecule has 0 unspecified atom stereocenters. The van der Waals surface area contributed by atoms with Crippen LogP contribution < -0.4 is 43.4 Å². The first kappa shape index (κ1) is 56.2. The van der Waals surface area contributed by atoms with Crippen LogP contribution >= 0.6 is 11.8 Å². The highest BCUT2D eigenvalue weighted by Crippen LogP contribution is 2.21. The second-order valence-electron chi connectivity index (χ2n) is 17.5. The normalized spacial score (nSPS) is 16.1. The minimum atomic E-state index is -1.36. The zero-order chi connectivity index (χ0) is 50.5. The molecule has 3 rings (SSSR count). The van der Waals surface area contributed by atoms with Crippen molar-refractivity contribution in [1.29, 1.82) is 0 Å². The van der Waals surface area contributed by atoms with E-state index in [1.165, 1.54) is 40.9 Å². The lowest BCUT2D eigenvalue weighted by atomic mass is 9.99. The number of rotatable bonds is 28. The van der Waals surface area contributed by atoms with Gasteiger partial charge < -0.3 is 53.4 Å². The zero-order valence-corrected chi connectivity index (χ0v) is 40.2. The highest BCUT2D eigenvalue weighted by Gasteiger charge is 2.39.